The van der Waals surface area contributed by atoms with Crippen molar-refractivity contribution in [2.45, 2.75) is 25.9 Å². The minimum atomic E-state index is -0.473. The summed E-state index contributed by atoms with van der Waals surface area (Å²) in [6, 6.07) is 4.39. The highest BCUT2D eigenvalue weighted by molar-refractivity contribution is 5.77. The van der Waals surface area contributed by atoms with Gasteiger partial charge in [-0.05, 0) is 18.6 Å². The zero-order valence-corrected chi connectivity index (χ0v) is 11.6. The van der Waals surface area contributed by atoms with E-state index in [4.69, 9.17) is 0 Å². The van der Waals surface area contributed by atoms with E-state index in [9.17, 15) is 9.18 Å². The van der Waals surface area contributed by atoms with Crippen LogP contribution in [0.2, 0.25) is 0 Å². The minimum Gasteiger partial charge on any atom is -0.335 e. The lowest BCUT2D eigenvalue weighted by molar-refractivity contribution is 0.405. The molecule has 1 atom stereocenters. The Balaban J connectivity index is 2.07. The van der Waals surface area contributed by atoms with Gasteiger partial charge in [-0.25, -0.2) is 14.4 Å². The van der Waals surface area contributed by atoms with Crippen LogP contribution in [0.4, 0.5) is 4.39 Å². The maximum Gasteiger partial charge on any atom is 0.261 e. The highest BCUT2D eigenvalue weighted by Gasteiger charge is 2.14. The topological polar surface area (TPSA) is 52.7 Å². The van der Waals surface area contributed by atoms with Crippen LogP contribution in [-0.2, 0) is 6.54 Å². The molecule has 0 radical (unpaired) electrons. The number of nitrogens with zero attached hydrogens (tertiary/aromatic N) is 4. The fourth-order valence-corrected chi connectivity index (χ4v) is 2.44. The Bertz CT molecular complexity index is 810. The molecule has 0 N–H and O–H groups in total. The van der Waals surface area contributed by atoms with Crippen molar-refractivity contribution in [3.8, 4) is 0 Å². The fraction of sp³-hybridized carbons (Fsp3) is 0.267. The van der Waals surface area contributed by atoms with Gasteiger partial charge < -0.3 is 4.57 Å². The monoisotopic (exact) mass is 286 g/mol. The highest BCUT2D eigenvalue weighted by Crippen LogP contribution is 2.15. The second-order valence-electron chi connectivity index (χ2n) is 4.91. The molecule has 2 heterocycles. The normalized spacial score (nSPS) is 12.7. The molecule has 0 unspecified atom stereocenters. The Kier molecular flexibility index (Phi) is 3.51. The average molecular weight is 286 g/mol. The maximum absolute atomic E-state index is 13.7. The van der Waals surface area contributed by atoms with Crippen molar-refractivity contribution in [1.82, 2.24) is 19.1 Å². The number of hydrogen-bond donors (Lipinski definition) is 0. The summed E-state index contributed by atoms with van der Waals surface area (Å²) < 4.78 is 17.1. The van der Waals surface area contributed by atoms with Gasteiger partial charge in [0.25, 0.3) is 5.56 Å². The molecule has 0 aliphatic heterocycles. The molecule has 0 spiro atoms. The number of para-hydroxylation sites is 1. The molecule has 0 aliphatic carbocycles. The SMILES string of the molecule is CC[C@H](Cn1ccnc1)n1cnc2c(F)cccc2c1=O. The molecule has 0 amide bonds. The summed E-state index contributed by atoms with van der Waals surface area (Å²) in [6.07, 6.45) is 7.45. The second-order valence-corrected chi connectivity index (χ2v) is 4.91. The van der Waals surface area contributed by atoms with Crippen molar-refractivity contribution in [2.24, 2.45) is 0 Å². The van der Waals surface area contributed by atoms with E-state index in [0.717, 1.165) is 6.42 Å². The van der Waals surface area contributed by atoms with Gasteiger partial charge in [0.2, 0.25) is 0 Å². The lowest BCUT2D eigenvalue weighted by Crippen LogP contribution is -2.27. The third-order valence-electron chi connectivity index (χ3n) is 3.61. The first-order chi connectivity index (χ1) is 10.2. The largest absolute Gasteiger partial charge is 0.335 e. The Labute approximate surface area is 120 Å². The Hall–Kier alpha value is -2.50. The summed E-state index contributed by atoms with van der Waals surface area (Å²) in [4.78, 5) is 20.6. The van der Waals surface area contributed by atoms with Gasteiger partial charge in [0.15, 0.2) is 0 Å². The maximum atomic E-state index is 13.7. The van der Waals surface area contributed by atoms with Crippen LogP contribution in [0.15, 0.2) is 48.0 Å². The first kappa shape index (κ1) is 13.5. The Morgan fingerprint density at radius 3 is 2.90 bits per heavy atom. The summed E-state index contributed by atoms with van der Waals surface area (Å²) >= 11 is 0. The lowest BCUT2D eigenvalue weighted by atomic mass is 10.2. The van der Waals surface area contributed by atoms with E-state index in [1.165, 1.54) is 18.5 Å². The molecule has 2 aromatic heterocycles. The van der Waals surface area contributed by atoms with E-state index in [-0.39, 0.29) is 17.1 Å². The number of imidazole rings is 1. The van der Waals surface area contributed by atoms with E-state index in [0.29, 0.717) is 11.9 Å². The standard InChI is InChI=1S/C15H15FN4O/c1-2-11(8-19-7-6-17-9-19)20-10-18-14-12(15(20)21)4-3-5-13(14)16/h3-7,9-11H,2,8H2,1H3/t11-/m1/s1. The van der Waals surface area contributed by atoms with Crippen molar-refractivity contribution in [3.63, 3.8) is 0 Å². The molecule has 3 aromatic rings. The average Bonchev–Trinajstić information content (AvgIpc) is 2.99. The number of rotatable bonds is 4. The van der Waals surface area contributed by atoms with Gasteiger partial charge in [-0.1, -0.05) is 13.0 Å². The molecule has 0 aliphatic rings. The predicted molar refractivity (Wildman–Crippen MR) is 77.5 cm³/mol. The highest BCUT2D eigenvalue weighted by atomic mass is 19.1. The third kappa shape index (κ3) is 2.44. The number of halogens is 1. The van der Waals surface area contributed by atoms with Gasteiger partial charge in [0, 0.05) is 18.9 Å². The smallest absolute Gasteiger partial charge is 0.261 e. The summed E-state index contributed by atoms with van der Waals surface area (Å²) in [5, 5.41) is 0.307. The van der Waals surface area contributed by atoms with Gasteiger partial charge in [-0.3, -0.25) is 9.36 Å². The molecule has 3 rings (SSSR count). The molecule has 0 saturated heterocycles. The van der Waals surface area contributed by atoms with E-state index < -0.39 is 5.82 Å². The molecule has 108 valence electrons. The van der Waals surface area contributed by atoms with Crippen LogP contribution >= 0.6 is 0 Å². The number of aromatic nitrogens is 4. The zero-order chi connectivity index (χ0) is 14.8. The lowest BCUT2D eigenvalue weighted by Gasteiger charge is -2.18. The molecule has 6 heteroatoms. The second kappa shape index (κ2) is 5.47. The van der Waals surface area contributed by atoms with Crippen molar-refractivity contribution in [2.75, 3.05) is 0 Å². The summed E-state index contributed by atoms with van der Waals surface area (Å²) in [5.74, 6) is -0.473. The van der Waals surface area contributed by atoms with Gasteiger partial charge >= 0.3 is 0 Å². The van der Waals surface area contributed by atoms with Gasteiger partial charge in [0.05, 0.1) is 24.1 Å². The van der Waals surface area contributed by atoms with Crippen LogP contribution in [0.25, 0.3) is 10.9 Å². The van der Waals surface area contributed by atoms with E-state index in [2.05, 4.69) is 9.97 Å². The minimum absolute atomic E-state index is 0.0492. The number of benzene rings is 1. The van der Waals surface area contributed by atoms with E-state index in [1.54, 1.807) is 23.2 Å². The first-order valence-corrected chi connectivity index (χ1v) is 6.81. The van der Waals surface area contributed by atoms with Crippen LogP contribution < -0.4 is 5.56 Å². The third-order valence-corrected chi connectivity index (χ3v) is 3.61. The summed E-state index contributed by atoms with van der Waals surface area (Å²) in [5.41, 5.74) is -0.0947. The zero-order valence-electron chi connectivity index (χ0n) is 11.6. The number of hydrogen-bond acceptors (Lipinski definition) is 3. The van der Waals surface area contributed by atoms with Gasteiger partial charge in [-0.15, -0.1) is 0 Å². The van der Waals surface area contributed by atoms with Crippen LogP contribution in [0.5, 0.6) is 0 Å². The van der Waals surface area contributed by atoms with Crippen molar-refractivity contribution in [1.29, 1.82) is 0 Å². The fourth-order valence-electron chi connectivity index (χ4n) is 2.44. The van der Waals surface area contributed by atoms with Crippen LogP contribution in [0.3, 0.4) is 0 Å². The summed E-state index contributed by atoms with van der Waals surface area (Å²) in [7, 11) is 0. The molecule has 21 heavy (non-hydrogen) atoms. The quantitative estimate of drug-likeness (QED) is 0.740. The molecule has 5 nitrogen and oxygen atoms in total. The van der Waals surface area contributed by atoms with Crippen molar-refractivity contribution < 1.29 is 4.39 Å². The first-order valence-electron chi connectivity index (χ1n) is 6.81. The van der Waals surface area contributed by atoms with Crippen molar-refractivity contribution >= 4 is 10.9 Å². The summed E-state index contributed by atoms with van der Waals surface area (Å²) in [6.45, 7) is 2.63. The van der Waals surface area contributed by atoms with E-state index in [1.807, 2.05) is 17.7 Å². The Morgan fingerprint density at radius 2 is 2.19 bits per heavy atom. The number of fused-ring (bicyclic) bond motifs is 1. The molecular weight excluding hydrogens is 271 g/mol. The molecular formula is C15H15FN4O. The Morgan fingerprint density at radius 1 is 1.33 bits per heavy atom. The molecule has 0 bridgehead atoms. The molecule has 0 fully saturated rings. The molecule has 0 saturated carbocycles. The van der Waals surface area contributed by atoms with Crippen LogP contribution in [0.1, 0.15) is 19.4 Å². The van der Waals surface area contributed by atoms with Gasteiger partial charge in [-0.2, -0.15) is 0 Å². The predicted octanol–water partition coefficient (Wildman–Crippen LogP) is 2.38. The van der Waals surface area contributed by atoms with Crippen LogP contribution in [0, 0.1) is 5.82 Å². The molecule has 1 aromatic carbocycles. The van der Waals surface area contributed by atoms with Crippen LogP contribution in [-0.4, -0.2) is 19.1 Å². The van der Waals surface area contributed by atoms with Crippen molar-refractivity contribution in [3.05, 3.63) is 59.4 Å². The van der Waals surface area contributed by atoms with E-state index >= 15 is 0 Å². The van der Waals surface area contributed by atoms with Gasteiger partial charge in [0.1, 0.15) is 11.3 Å².